The summed E-state index contributed by atoms with van der Waals surface area (Å²) >= 11 is 0. The van der Waals surface area contributed by atoms with E-state index in [1.54, 1.807) is 41.1 Å². The number of para-hydroxylation sites is 1. The normalized spacial score (nSPS) is 25.5. The third kappa shape index (κ3) is 3.05. The fourth-order valence-electron chi connectivity index (χ4n) is 4.22. The van der Waals surface area contributed by atoms with Crippen molar-refractivity contribution in [2.45, 2.75) is 12.8 Å². The van der Waals surface area contributed by atoms with Crippen molar-refractivity contribution in [2.75, 3.05) is 38.1 Å². The zero-order valence-corrected chi connectivity index (χ0v) is 15.2. The van der Waals surface area contributed by atoms with E-state index >= 15 is 0 Å². The van der Waals surface area contributed by atoms with Gasteiger partial charge in [0.1, 0.15) is 0 Å². The first-order valence-corrected chi connectivity index (χ1v) is 9.20. The highest BCUT2D eigenvalue weighted by Crippen LogP contribution is 2.33. The summed E-state index contributed by atoms with van der Waals surface area (Å²) in [6.07, 6.45) is 1.10. The van der Waals surface area contributed by atoms with Crippen molar-refractivity contribution < 1.29 is 19.2 Å². The van der Waals surface area contributed by atoms with Crippen LogP contribution in [0, 0.1) is 11.8 Å². The molecule has 0 bridgehead atoms. The molecule has 0 radical (unpaired) electrons. The van der Waals surface area contributed by atoms with Gasteiger partial charge in [0, 0.05) is 39.6 Å². The molecule has 8 nitrogen and oxygen atoms in total. The molecular formula is C19H22N4O4. The Labute approximate surface area is 157 Å². The number of anilines is 1. The van der Waals surface area contributed by atoms with Crippen LogP contribution in [-0.4, -0.2) is 66.8 Å². The van der Waals surface area contributed by atoms with Gasteiger partial charge in [-0.05, 0) is 24.5 Å². The van der Waals surface area contributed by atoms with Crippen molar-refractivity contribution in [1.29, 1.82) is 0 Å². The number of hydrogen-bond donors (Lipinski definition) is 1. The minimum Gasteiger partial charge on any atom is -0.345 e. The highest BCUT2D eigenvalue weighted by Gasteiger charge is 2.43. The molecule has 1 N–H and O–H groups in total. The lowest BCUT2D eigenvalue weighted by Crippen LogP contribution is -2.50. The molecule has 0 aliphatic carbocycles. The molecule has 8 heteroatoms. The molecular weight excluding hydrogens is 348 g/mol. The van der Waals surface area contributed by atoms with Gasteiger partial charge in [0.2, 0.25) is 11.8 Å². The van der Waals surface area contributed by atoms with Crippen molar-refractivity contribution in [3.05, 3.63) is 29.8 Å². The third-order valence-electron chi connectivity index (χ3n) is 5.74. The average molecular weight is 370 g/mol. The van der Waals surface area contributed by atoms with Crippen LogP contribution in [-0.2, 0) is 9.59 Å². The van der Waals surface area contributed by atoms with E-state index in [1.165, 1.54) is 4.90 Å². The number of nitrogens with one attached hydrogen (secondary N) is 1. The number of carbonyl (C=O) groups excluding carboxylic acids is 4. The number of hydrogen-bond acceptors (Lipinski definition) is 4. The second kappa shape index (κ2) is 6.68. The number of fused-ring (bicyclic) bond motifs is 1. The minimum absolute atomic E-state index is 0.101. The topological polar surface area (TPSA) is 90.0 Å². The molecule has 3 heterocycles. The van der Waals surface area contributed by atoms with Gasteiger partial charge >= 0.3 is 6.03 Å². The third-order valence-corrected chi connectivity index (χ3v) is 5.74. The number of nitrogens with zero attached hydrogens (tertiary/aromatic N) is 3. The maximum atomic E-state index is 13.2. The number of likely N-dealkylation sites (tertiary alicyclic amines) is 2. The van der Waals surface area contributed by atoms with Crippen LogP contribution in [0.2, 0.25) is 0 Å². The molecule has 0 spiro atoms. The van der Waals surface area contributed by atoms with Crippen LogP contribution < -0.4 is 10.2 Å². The Morgan fingerprint density at radius 1 is 1.11 bits per heavy atom. The molecule has 0 saturated carbocycles. The Morgan fingerprint density at radius 2 is 1.89 bits per heavy atom. The second-order valence-electron chi connectivity index (χ2n) is 7.40. The van der Waals surface area contributed by atoms with Gasteiger partial charge in [-0.25, -0.2) is 4.79 Å². The van der Waals surface area contributed by atoms with Gasteiger partial charge in [0.25, 0.3) is 5.91 Å². The number of amides is 5. The number of piperidine rings is 1. The van der Waals surface area contributed by atoms with Crippen molar-refractivity contribution in [3.63, 3.8) is 0 Å². The number of carbonyl (C=O) groups is 4. The van der Waals surface area contributed by atoms with Gasteiger partial charge in [-0.1, -0.05) is 12.1 Å². The first kappa shape index (κ1) is 17.5. The predicted octanol–water partition coefficient (Wildman–Crippen LogP) is 0.683. The molecule has 3 aliphatic rings. The molecule has 4 rings (SSSR count). The highest BCUT2D eigenvalue weighted by molar-refractivity contribution is 6.09. The van der Waals surface area contributed by atoms with E-state index in [9.17, 15) is 19.2 Å². The van der Waals surface area contributed by atoms with E-state index in [0.29, 0.717) is 24.3 Å². The number of urea groups is 1. The zero-order chi connectivity index (χ0) is 19.1. The van der Waals surface area contributed by atoms with E-state index in [-0.39, 0.29) is 42.5 Å². The lowest BCUT2D eigenvalue weighted by molar-refractivity contribution is -0.137. The van der Waals surface area contributed by atoms with E-state index in [4.69, 9.17) is 0 Å². The minimum atomic E-state index is -0.515. The molecule has 1 aromatic carbocycles. The van der Waals surface area contributed by atoms with Gasteiger partial charge < -0.3 is 9.80 Å². The fourth-order valence-corrected chi connectivity index (χ4v) is 4.22. The van der Waals surface area contributed by atoms with Gasteiger partial charge in [-0.15, -0.1) is 0 Å². The van der Waals surface area contributed by atoms with E-state index < -0.39 is 6.03 Å². The quantitative estimate of drug-likeness (QED) is 0.829. The van der Waals surface area contributed by atoms with Crippen LogP contribution in [0.1, 0.15) is 23.2 Å². The highest BCUT2D eigenvalue weighted by atomic mass is 16.2. The van der Waals surface area contributed by atoms with Gasteiger partial charge in [0.15, 0.2) is 0 Å². The molecule has 1 aromatic rings. The molecule has 2 atom stereocenters. The summed E-state index contributed by atoms with van der Waals surface area (Å²) in [7, 11) is 1.80. The van der Waals surface area contributed by atoms with Gasteiger partial charge in [0.05, 0.1) is 17.2 Å². The predicted molar refractivity (Wildman–Crippen MR) is 97.1 cm³/mol. The van der Waals surface area contributed by atoms with Crippen molar-refractivity contribution >= 4 is 29.4 Å². The summed E-state index contributed by atoms with van der Waals surface area (Å²) < 4.78 is 0. The van der Waals surface area contributed by atoms with Crippen LogP contribution in [0.15, 0.2) is 24.3 Å². The maximum Gasteiger partial charge on any atom is 0.328 e. The number of imide groups is 1. The summed E-state index contributed by atoms with van der Waals surface area (Å²) in [5.41, 5.74) is 0.910. The Hall–Kier alpha value is -2.90. The number of benzene rings is 1. The molecule has 3 aliphatic heterocycles. The summed E-state index contributed by atoms with van der Waals surface area (Å²) in [5.74, 6) is -0.341. The van der Waals surface area contributed by atoms with E-state index in [1.807, 2.05) is 0 Å². The fraction of sp³-hybridized carbons (Fsp3) is 0.474. The Morgan fingerprint density at radius 3 is 2.67 bits per heavy atom. The molecule has 2 unspecified atom stereocenters. The van der Waals surface area contributed by atoms with Crippen molar-refractivity contribution in [1.82, 2.24) is 15.1 Å². The second-order valence-corrected chi connectivity index (χ2v) is 7.40. The molecule has 0 aromatic heterocycles. The first-order chi connectivity index (χ1) is 13.0. The van der Waals surface area contributed by atoms with Gasteiger partial charge in [-0.3, -0.25) is 24.6 Å². The molecule has 5 amide bonds. The molecule has 27 heavy (non-hydrogen) atoms. The van der Waals surface area contributed by atoms with Crippen LogP contribution in [0.3, 0.4) is 0 Å². The Balaban J connectivity index is 1.58. The smallest absolute Gasteiger partial charge is 0.328 e. The zero-order valence-electron chi connectivity index (χ0n) is 15.2. The Kier molecular flexibility index (Phi) is 4.33. The van der Waals surface area contributed by atoms with Crippen molar-refractivity contribution in [3.8, 4) is 0 Å². The Bertz CT molecular complexity index is 824. The lowest BCUT2D eigenvalue weighted by Gasteiger charge is -2.30. The van der Waals surface area contributed by atoms with Crippen LogP contribution in [0.25, 0.3) is 0 Å². The SMILES string of the molecule is CN1CCC2CN(C(=O)c3ccccc3N3CCC(=O)NC3=O)CC2C1=O. The van der Waals surface area contributed by atoms with Crippen molar-refractivity contribution in [2.24, 2.45) is 11.8 Å². The summed E-state index contributed by atoms with van der Waals surface area (Å²) in [5, 5.41) is 2.29. The summed E-state index contributed by atoms with van der Waals surface area (Å²) in [6, 6.07) is 6.41. The molecule has 142 valence electrons. The van der Waals surface area contributed by atoms with Crippen LogP contribution in [0.5, 0.6) is 0 Å². The molecule has 3 fully saturated rings. The monoisotopic (exact) mass is 370 g/mol. The number of rotatable bonds is 2. The lowest BCUT2D eigenvalue weighted by atomic mass is 9.88. The van der Waals surface area contributed by atoms with Crippen LogP contribution in [0.4, 0.5) is 10.5 Å². The van der Waals surface area contributed by atoms with Gasteiger partial charge in [-0.2, -0.15) is 0 Å². The largest absolute Gasteiger partial charge is 0.345 e. The molecule has 3 saturated heterocycles. The standard InChI is InChI=1S/C19H22N4O4/c1-21-8-6-12-10-22(11-14(12)17(21)25)18(26)13-4-2-3-5-15(13)23-9-7-16(24)20-19(23)27/h2-5,12,14H,6-11H2,1H3,(H,20,24,27). The average Bonchev–Trinajstić information content (AvgIpc) is 3.09. The van der Waals surface area contributed by atoms with E-state index in [2.05, 4.69) is 5.32 Å². The van der Waals surface area contributed by atoms with Crippen LogP contribution >= 0.6 is 0 Å². The summed E-state index contributed by atoms with van der Waals surface area (Å²) in [4.78, 5) is 54.1. The maximum absolute atomic E-state index is 13.2. The van der Waals surface area contributed by atoms with E-state index in [0.717, 1.165) is 13.0 Å². The first-order valence-electron chi connectivity index (χ1n) is 9.20. The summed E-state index contributed by atoms with van der Waals surface area (Å²) in [6.45, 7) is 1.93.